The van der Waals surface area contributed by atoms with Crippen LogP contribution in [0.4, 0.5) is 34.1 Å². The van der Waals surface area contributed by atoms with E-state index in [2.05, 4.69) is 519 Å². The minimum Gasteiger partial charge on any atom is -0.310 e. The largest absolute Gasteiger partial charge is 0.310 e. The highest BCUT2D eigenvalue weighted by Crippen LogP contribution is 2.61. The summed E-state index contributed by atoms with van der Waals surface area (Å²) in [7, 11) is 0. The van der Waals surface area contributed by atoms with Crippen molar-refractivity contribution in [3.8, 4) is 111 Å². The summed E-state index contributed by atoms with van der Waals surface area (Å²) < 4.78 is 0. The molecule has 0 aromatic heterocycles. The first-order valence-corrected chi connectivity index (χ1v) is 50.3. The molecule has 0 N–H and O–H groups in total. The molecule has 6 aliphatic rings. The number of hydrogen-bond acceptors (Lipinski definition) is 2. The summed E-state index contributed by atoms with van der Waals surface area (Å²) in [6.45, 7) is 66.4. The molecule has 0 spiro atoms. The second-order valence-electron chi connectivity index (χ2n) is 49.1. The van der Waals surface area contributed by atoms with Gasteiger partial charge < -0.3 is 9.80 Å². The van der Waals surface area contributed by atoms with Gasteiger partial charge in [-0.1, -0.05) is 420 Å². The maximum atomic E-state index is 2.54. The molecule has 139 heavy (non-hydrogen) atoms. The molecule has 0 amide bonds. The summed E-state index contributed by atoms with van der Waals surface area (Å²) in [4.78, 5) is 5.01. The van der Waals surface area contributed by atoms with Crippen molar-refractivity contribution in [2.75, 3.05) is 9.80 Å². The van der Waals surface area contributed by atoms with Crippen LogP contribution in [0.2, 0.25) is 0 Å². The van der Waals surface area contributed by atoms with Crippen molar-refractivity contribution in [2.45, 2.75) is 268 Å². The minimum absolute atomic E-state index is 0. The second-order valence-corrected chi connectivity index (χ2v) is 49.1. The van der Waals surface area contributed by atoms with E-state index in [4.69, 9.17) is 0 Å². The van der Waals surface area contributed by atoms with Gasteiger partial charge in [-0.25, -0.2) is 0 Å². The number of benzene rings is 16. The first-order valence-electron chi connectivity index (χ1n) is 50.3. The average molecular weight is 1820 g/mol. The Kier molecular flexibility index (Phi) is 22.3. The van der Waals surface area contributed by atoms with Crippen molar-refractivity contribution in [3.05, 3.63) is 416 Å². The molecule has 6 aliphatic carbocycles. The molecule has 0 atom stereocenters. The van der Waals surface area contributed by atoms with Gasteiger partial charge in [0.25, 0.3) is 0 Å². The molecule has 2 heteroatoms. The summed E-state index contributed by atoms with van der Waals surface area (Å²) in [5.74, 6) is 0. The number of fused-ring (bicyclic) bond motifs is 18. The Morgan fingerprint density at radius 3 is 0.640 bits per heavy atom. The first kappa shape index (κ1) is 95.1. The van der Waals surface area contributed by atoms with Gasteiger partial charge in [-0.2, -0.15) is 0 Å². The average Bonchev–Trinajstić information content (AvgIpc) is 1.60. The number of anilines is 6. The normalized spacial score (nSPS) is 15.4. The smallest absolute Gasteiger partial charge is 0.0474 e. The maximum Gasteiger partial charge on any atom is 0.0474 e. The molecule has 0 saturated heterocycles. The lowest BCUT2D eigenvalue weighted by atomic mass is 9.75. The predicted molar refractivity (Wildman–Crippen MR) is 601 cm³/mol. The van der Waals surface area contributed by atoms with Gasteiger partial charge in [-0.3, -0.25) is 0 Å². The molecule has 0 bridgehead atoms. The van der Waals surface area contributed by atoms with Gasteiger partial charge in [0, 0.05) is 66.6 Å². The fraction of sp³-hybridized carbons (Fsp3) is 0.299. The molecule has 0 radical (unpaired) electrons. The van der Waals surface area contributed by atoms with Crippen LogP contribution in [0.3, 0.4) is 0 Å². The van der Waals surface area contributed by atoms with E-state index in [9.17, 15) is 0 Å². The lowest BCUT2D eigenvalue weighted by molar-refractivity contribution is 0.584. The molecular weight excluding hydrogens is 1670 g/mol. The molecule has 16 aromatic carbocycles. The van der Waals surface area contributed by atoms with E-state index in [1.54, 1.807) is 0 Å². The van der Waals surface area contributed by atoms with Crippen LogP contribution in [0.25, 0.3) is 111 Å². The molecule has 2 nitrogen and oxygen atoms in total. The summed E-state index contributed by atoms with van der Waals surface area (Å²) in [6.07, 6.45) is 0. The molecule has 702 valence electrons. The third kappa shape index (κ3) is 15.2. The highest BCUT2D eigenvalue weighted by Gasteiger charge is 2.45. The number of nitrogens with zero attached hydrogens (tertiary/aromatic N) is 2. The van der Waals surface area contributed by atoms with Crippen LogP contribution in [-0.4, -0.2) is 0 Å². The summed E-state index contributed by atoms with van der Waals surface area (Å²) in [5.41, 5.74) is 57.3. The molecule has 0 heterocycles. The topological polar surface area (TPSA) is 6.48 Å². The number of para-hydroxylation sites is 2. The van der Waals surface area contributed by atoms with Crippen molar-refractivity contribution < 1.29 is 0 Å². The predicted octanol–water partition coefficient (Wildman–Crippen LogP) is 38.9. The highest BCUT2D eigenvalue weighted by atomic mass is 15.1. The fourth-order valence-corrected chi connectivity index (χ4v) is 24.6. The third-order valence-corrected chi connectivity index (χ3v) is 32.9. The number of rotatable bonds is 10. The Bertz CT molecular complexity index is 7400. The summed E-state index contributed by atoms with van der Waals surface area (Å²) in [6, 6.07) is 122. The van der Waals surface area contributed by atoms with E-state index in [0.29, 0.717) is 0 Å². The van der Waals surface area contributed by atoms with Crippen LogP contribution in [0.15, 0.2) is 315 Å². The van der Waals surface area contributed by atoms with Crippen molar-refractivity contribution in [3.63, 3.8) is 0 Å². The quantitative estimate of drug-likeness (QED) is 0.135. The Hall–Kier alpha value is -12.9. The van der Waals surface area contributed by atoms with Crippen LogP contribution in [0, 0.1) is 6.92 Å². The van der Waals surface area contributed by atoms with Gasteiger partial charge in [0.1, 0.15) is 0 Å². The van der Waals surface area contributed by atoms with E-state index in [-0.39, 0.29) is 74.4 Å². The zero-order valence-corrected chi connectivity index (χ0v) is 86.4. The minimum atomic E-state index is -0.206. The zero-order valence-electron chi connectivity index (χ0n) is 86.4. The van der Waals surface area contributed by atoms with Crippen LogP contribution in [0.1, 0.15) is 302 Å². The SMILES string of the molecule is C.C.CC(C)(C)c1ccc2c(c1)C(C)(C)c1cc(-c3cc(N(c4ccccc4)c4ccc5c(c4)C(C)(C)c4ccccc4-5)cc(-c4ccc5c(c4)C(C)(C)c4cc(C(C)(C)C)ccc4-5)c3C(C)(C)C)ccc1-2.Cc1c(-c2ccc3c(c2)C(C)(C)c2cc(C(C)(C)C)ccc2-3)cc(N(c2ccccc2)c2ccc3c(c2)C(C)(C)c2ccccc2-3)cc1-c1ccc2c(c1)C(C)(C)c1cc(C(C)(C)C)ccc1-2. The van der Waals surface area contributed by atoms with E-state index in [1.165, 1.54) is 211 Å². The first-order chi connectivity index (χ1) is 64.5. The van der Waals surface area contributed by atoms with Crippen LogP contribution < -0.4 is 9.80 Å². The van der Waals surface area contributed by atoms with E-state index in [0.717, 1.165) is 34.1 Å². The van der Waals surface area contributed by atoms with Crippen LogP contribution in [-0.2, 0) is 59.6 Å². The van der Waals surface area contributed by atoms with E-state index in [1.807, 2.05) is 0 Å². The van der Waals surface area contributed by atoms with Crippen LogP contribution >= 0.6 is 0 Å². The summed E-state index contributed by atoms with van der Waals surface area (Å²) in [5, 5.41) is 0. The lowest BCUT2D eigenvalue weighted by Gasteiger charge is -2.33. The molecule has 0 fully saturated rings. The molecule has 0 aliphatic heterocycles. The van der Waals surface area contributed by atoms with Crippen molar-refractivity contribution in [2.24, 2.45) is 0 Å². The molecule has 0 unspecified atom stereocenters. The van der Waals surface area contributed by atoms with Crippen molar-refractivity contribution in [1.82, 2.24) is 0 Å². The van der Waals surface area contributed by atoms with Gasteiger partial charge >= 0.3 is 0 Å². The van der Waals surface area contributed by atoms with Gasteiger partial charge in [-0.15, -0.1) is 0 Å². The van der Waals surface area contributed by atoms with Crippen LogP contribution in [0.5, 0.6) is 0 Å². The van der Waals surface area contributed by atoms with Gasteiger partial charge in [0.2, 0.25) is 0 Å². The molecular formula is C137H144N2. The molecule has 16 aromatic rings. The van der Waals surface area contributed by atoms with Gasteiger partial charge in [-0.05, 0) is 342 Å². The summed E-state index contributed by atoms with van der Waals surface area (Å²) >= 11 is 0. The van der Waals surface area contributed by atoms with E-state index >= 15 is 0 Å². The zero-order chi connectivity index (χ0) is 96.8. The Balaban J connectivity index is 0.000000175. The van der Waals surface area contributed by atoms with Crippen molar-refractivity contribution in [1.29, 1.82) is 0 Å². The lowest BCUT2D eigenvalue weighted by Crippen LogP contribution is -2.19. The van der Waals surface area contributed by atoms with Crippen molar-refractivity contribution >= 4 is 34.1 Å². The Labute approximate surface area is 833 Å². The van der Waals surface area contributed by atoms with E-state index < -0.39 is 0 Å². The van der Waals surface area contributed by atoms with Gasteiger partial charge in [0.05, 0.1) is 0 Å². The molecule has 0 saturated carbocycles. The molecule has 22 rings (SSSR count). The maximum absolute atomic E-state index is 2.54. The standard InChI is InChI=1S/C69H71N.C66H65N.2CH4/c1-64(2,3)44-27-32-52-50-30-25-42(35-58(50)68(12,13)60(52)37-44)55-39-48(70(46-21-17-16-18-22-46)47-29-34-54-49-23-19-20-24-57(49)67(10,11)62(54)41-47)40-56(63(55)66(7,8)9)43-26-31-51-53-33-28-45(65(4,5)6)38-61(53)69(14,15)59(51)36-43;1-40-54(41-23-28-49-51-30-25-43(62(2,3)4)35-59(51)65(10,11)57(49)33-41)37-47(38-55(40)42-24-29-50-52-31-26-44(63(5,6)7)36-60(52)66(12,13)58(50)34-42)67(45-19-15-14-16-20-45)46-27-32-53-48-21-17-18-22-56(48)64(8,9)61(53)39-46;;/h16-41H,1-15H3;14-39H,1-13H3;2*1H4. The van der Waals surface area contributed by atoms with Gasteiger partial charge in [0.15, 0.2) is 0 Å². The Morgan fingerprint density at radius 1 is 0.165 bits per heavy atom. The third-order valence-electron chi connectivity index (χ3n) is 32.9. The number of hydrogen-bond donors (Lipinski definition) is 0. The fourth-order valence-electron chi connectivity index (χ4n) is 24.6. The second kappa shape index (κ2) is 32.6. The highest BCUT2D eigenvalue weighted by molar-refractivity contribution is 5.98. The monoisotopic (exact) mass is 1820 g/mol. The Morgan fingerprint density at radius 2 is 0.374 bits per heavy atom.